The zero-order valence-electron chi connectivity index (χ0n) is 17.3. The lowest BCUT2D eigenvalue weighted by atomic mass is 10.00. The fourth-order valence-corrected chi connectivity index (χ4v) is 5.05. The van der Waals surface area contributed by atoms with Crippen LogP contribution in [0, 0.1) is 5.92 Å². The van der Waals surface area contributed by atoms with E-state index in [2.05, 4.69) is 21.9 Å². The van der Waals surface area contributed by atoms with Crippen molar-refractivity contribution in [3.05, 3.63) is 59.1 Å². The van der Waals surface area contributed by atoms with Gasteiger partial charge in [-0.05, 0) is 68.6 Å². The van der Waals surface area contributed by atoms with Gasteiger partial charge in [-0.15, -0.1) is 0 Å². The molecule has 30 heavy (non-hydrogen) atoms. The summed E-state index contributed by atoms with van der Waals surface area (Å²) in [5.41, 5.74) is 0.671. The average Bonchev–Trinajstić information content (AvgIpc) is 2.67. The molecule has 1 amide bonds. The number of sulfonamides is 1. The number of amides is 1. The highest BCUT2D eigenvalue weighted by Crippen LogP contribution is 2.20. The number of hydrogen-bond acceptors (Lipinski definition) is 4. The summed E-state index contributed by atoms with van der Waals surface area (Å²) in [5.74, 6) is 0.392. The number of piperidine rings is 1. The molecule has 1 heterocycles. The van der Waals surface area contributed by atoms with E-state index in [1.165, 1.54) is 31.0 Å². The summed E-state index contributed by atoms with van der Waals surface area (Å²) < 4.78 is 27.9. The van der Waals surface area contributed by atoms with Crippen LogP contribution in [0.2, 0.25) is 5.02 Å². The van der Waals surface area contributed by atoms with Gasteiger partial charge in [-0.1, -0.05) is 30.7 Å². The predicted molar refractivity (Wildman–Crippen MR) is 120 cm³/mol. The Morgan fingerprint density at radius 2 is 2.00 bits per heavy atom. The quantitative estimate of drug-likeness (QED) is 0.669. The van der Waals surface area contributed by atoms with Gasteiger partial charge in [0, 0.05) is 29.7 Å². The molecular weight excluding hydrogens is 422 g/mol. The summed E-state index contributed by atoms with van der Waals surface area (Å²) in [4.78, 5) is 15.1. The van der Waals surface area contributed by atoms with Crippen molar-refractivity contribution in [1.82, 2.24) is 10.2 Å². The van der Waals surface area contributed by atoms with Crippen molar-refractivity contribution in [2.45, 2.75) is 37.6 Å². The van der Waals surface area contributed by atoms with Gasteiger partial charge < -0.3 is 10.2 Å². The van der Waals surface area contributed by atoms with Gasteiger partial charge in [-0.25, -0.2) is 8.42 Å². The molecule has 0 spiro atoms. The molecule has 2 atom stereocenters. The zero-order chi connectivity index (χ0) is 21.7. The lowest BCUT2D eigenvalue weighted by Crippen LogP contribution is -2.45. The van der Waals surface area contributed by atoms with Crippen LogP contribution in [0.15, 0.2) is 53.4 Å². The summed E-state index contributed by atoms with van der Waals surface area (Å²) in [6.07, 6.45) is 2.43. The summed E-state index contributed by atoms with van der Waals surface area (Å²) in [5, 5.41) is 3.41. The maximum atomic E-state index is 12.7. The molecule has 0 saturated carbocycles. The number of nitrogens with zero attached hydrogens (tertiary/aromatic N) is 1. The molecule has 2 aromatic rings. The summed E-state index contributed by atoms with van der Waals surface area (Å²) in [7, 11) is -3.84. The Kier molecular flexibility index (Phi) is 7.39. The number of carbonyl (C=O) groups is 1. The van der Waals surface area contributed by atoms with Crippen molar-refractivity contribution < 1.29 is 13.2 Å². The number of anilines is 1. The lowest BCUT2D eigenvalue weighted by Gasteiger charge is -2.32. The van der Waals surface area contributed by atoms with Crippen LogP contribution in [0.1, 0.15) is 37.0 Å². The molecule has 1 fully saturated rings. The summed E-state index contributed by atoms with van der Waals surface area (Å²) >= 11 is 5.92. The van der Waals surface area contributed by atoms with Gasteiger partial charge in [0.05, 0.1) is 10.6 Å². The van der Waals surface area contributed by atoms with E-state index < -0.39 is 10.0 Å². The van der Waals surface area contributed by atoms with E-state index >= 15 is 0 Å². The van der Waals surface area contributed by atoms with Crippen molar-refractivity contribution in [2.75, 3.05) is 24.4 Å². The molecule has 1 saturated heterocycles. The van der Waals surface area contributed by atoms with Crippen molar-refractivity contribution in [2.24, 2.45) is 5.92 Å². The monoisotopic (exact) mass is 449 g/mol. The molecule has 2 unspecified atom stereocenters. The first-order valence-electron chi connectivity index (χ1n) is 10.1. The number of nitrogens with one attached hydrogen (secondary N) is 2. The number of likely N-dealkylation sites (tertiary alicyclic amines) is 1. The Morgan fingerprint density at radius 3 is 2.73 bits per heavy atom. The molecular formula is C22H28ClN3O3S. The van der Waals surface area contributed by atoms with Crippen LogP contribution in [0.25, 0.3) is 0 Å². The molecule has 0 radical (unpaired) electrons. The van der Waals surface area contributed by atoms with Gasteiger partial charge in [0.1, 0.15) is 0 Å². The fourth-order valence-electron chi connectivity index (χ4n) is 3.76. The van der Waals surface area contributed by atoms with Crippen molar-refractivity contribution in [1.29, 1.82) is 0 Å². The van der Waals surface area contributed by atoms with Gasteiger partial charge >= 0.3 is 0 Å². The van der Waals surface area contributed by atoms with Gasteiger partial charge in [0.15, 0.2) is 0 Å². The Hall–Kier alpha value is -2.09. The molecule has 6 nitrogen and oxygen atoms in total. The first-order chi connectivity index (χ1) is 14.2. The number of carbonyl (C=O) groups excluding carboxylic acids is 1. The van der Waals surface area contributed by atoms with E-state index in [0.717, 1.165) is 19.6 Å². The second kappa shape index (κ2) is 9.81. The van der Waals surface area contributed by atoms with Gasteiger partial charge in [-0.2, -0.15) is 0 Å². The van der Waals surface area contributed by atoms with Crippen LogP contribution in [-0.4, -0.2) is 44.9 Å². The Balaban J connectivity index is 1.65. The largest absolute Gasteiger partial charge is 0.348 e. The van der Waals surface area contributed by atoms with Gasteiger partial charge in [-0.3, -0.25) is 9.52 Å². The summed E-state index contributed by atoms with van der Waals surface area (Å²) in [6, 6.07) is 12.5. The highest BCUT2D eigenvalue weighted by molar-refractivity contribution is 7.92. The van der Waals surface area contributed by atoms with Crippen molar-refractivity contribution in [3.8, 4) is 0 Å². The van der Waals surface area contributed by atoms with E-state index in [-0.39, 0.29) is 16.8 Å². The topological polar surface area (TPSA) is 78.5 Å². The third kappa shape index (κ3) is 6.20. The standard InChI is InChI=1S/C22H28ClN3O3S/c1-16-6-5-11-26(14-16)15-17(2)24-22(27)18-7-3-10-21(12-18)30(28,29)25-20-9-4-8-19(23)13-20/h3-4,7-10,12-13,16-17,25H,5-6,11,14-15H2,1-2H3,(H,24,27). The zero-order valence-corrected chi connectivity index (χ0v) is 18.8. The number of benzene rings is 2. The van der Waals surface area contributed by atoms with E-state index in [1.807, 2.05) is 6.92 Å². The third-order valence-corrected chi connectivity index (χ3v) is 6.75. The smallest absolute Gasteiger partial charge is 0.261 e. The van der Waals surface area contributed by atoms with E-state index in [1.54, 1.807) is 30.3 Å². The highest BCUT2D eigenvalue weighted by Gasteiger charge is 2.20. The minimum atomic E-state index is -3.84. The molecule has 0 aliphatic carbocycles. The normalized spacial score (nSPS) is 18.6. The molecule has 2 N–H and O–H groups in total. The summed E-state index contributed by atoms with van der Waals surface area (Å²) in [6.45, 7) is 7.10. The van der Waals surface area contributed by atoms with Crippen LogP contribution < -0.4 is 10.0 Å². The lowest BCUT2D eigenvalue weighted by molar-refractivity contribution is 0.0919. The molecule has 0 aromatic heterocycles. The number of hydrogen-bond donors (Lipinski definition) is 2. The van der Waals surface area contributed by atoms with Gasteiger partial charge in [0.2, 0.25) is 0 Å². The maximum absolute atomic E-state index is 12.7. The fraction of sp³-hybridized carbons (Fsp3) is 0.409. The Labute approximate surface area is 183 Å². The van der Waals surface area contributed by atoms with E-state index in [0.29, 0.717) is 22.2 Å². The SMILES string of the molecule is CC1CCCN(CC(C)NC(=O)c2cccc(S(=O)(=O)Nc3cccc(Cl)c3)c2)C1. The second-order valence-electron chi connectivity index (χ2n) is 8.03. The molecule has 1 aliphatic rings. The van der Waals surface area contributed by atoms with Crippen LogP contribution in [-0.2, 0) is 10.0 Å². The third-order valence-electron chi connectivity index (χ3n) is 5.13. The minimum Gasteiger partial charge on any atom is -0.348 e. The van der Waals surface area contributed by atoms with Crippen LogP contribution >= 0.6 is 11.6 Å². The molecule has 1 aliphatic heterocycles. The minimum absolute atomic E-state index is 0.0210. The number of rotatable bonds is 7. The van der Waals surface area contributed by atoms with Gasteiger partial charge in [0.25, 0.3) is 15.9 Å². The Morgan fingerprint density at radius 1 is 1.23 bits per heavy atom. The van der Waals surface area contributed by atoms with Crippen LogP contribution in [0.3, 0.4) is 0 Å². The van der Waals surface area contributed by atoms with E-state index in [9.17, 15) is 13.2 Å². The highest BCUT2D eigenvalue weighted by atomic mass is 35.5. The molecule has 8 heteroatoms. The molecule has 0 bridgehead atoms. The van der Waals surface area contributed by atoms with Crippen LogP contribution in [0.5, 0.6) is 0 Å². The number of halogens is 1. The van der Waals surface area contributed by atoms with Crippen molar-refractivity contribution in [3.63, 3.8) is 0 Å². The molecule has 2 aromatic carbocycles. The van der Waals surface area contributed by atoms with E-state index in [4.69, 9.17) is 11.6 Å². The second-order valence-corrected chi connectivity index (χ2v) is 10.1. The maximum Gasteiger partial charge on any atom is 0.261 e. The predicted octanol–water partition coefficient (Wildman–Crippen LogP) is 3.99. The Bertz CT molecular complexity index is 997. The van der Waals surface area contributed by atoms with Crippen LogP contribution in [0.4, 0.5) is 5.69 Å². The first kappa shape index (κ1) is 22.6. The molecule has 3 rings (SSSR count). The average molecular weight is 450 g/mol. The van der Waals surface area contributed by atoms with Crippen molar-refractivity contribution >= 4 is 33.2 Å². The first-order valence-corrected chi connectivity index (χ1v) is 12.0. The molecule has 162 valence electrons.